The Bertz CT molecular complexity index is 586. The molecule has 100 valence electrons. The van der Waals surface area contributed by atoms with E-state index in [9.17, 15) is 0 Å². The van der Waals surface area contributed by atoms with Crippen molar-refractivity contribution in [3.63, 3.8) is 0 Å². The number of nitrogen functional groups attached to an aromatic ring is 1. The molecule has 0 aliphatic carbocycles. The molecule has 0 saturated carbocycles. The zero-order chi connectivity index (χ0) is 14.2. The van der Waals surface area contributed by atoms with Crippen molar-refractivity contribution < 1.29 is 0 Å². The summed E-state index contributed by atoms with van der Waals surface area (Å²) in [6.45, 7) is 3.87. The molecule has 19 heavy (non-hydrogen) atoms. The smallest absolute Gasteiger partial charge is 0.0644 e. The van der Waals surface area contributed by atoms with Crippen LogP contribution in [-0.4, -0.2) is 0 Å². The molecule has 0 unspecified atom stereocenters. The fourth-order valence-corrected chi connectivity index (χ4v) is 2.57. The Morgan fingerprint density at radius 3 is 2.32 bits per heavy atom. The summed E-state index contributed by atoms with van der Waals surface area (Å²) < 4.78 is 0.878. The highest BCUT2D eigenvalue weighted by molar-refractivity contribution is 9.10. The van der Waals surface area contributed by atoms with E-state index < -0.39 is 0 Å². The molecule has 0 amide bonds. The van der Waals surface area contributed by atoms with Crippen LogP contribution in [0.4, 0.5) is 17.1 Å². The topological polar surface area (TPSA) is 38.0 Å². The van der Waals surface area contributed by atoms with E-state index >= 15 is 0 Å². The minimum atomic E-state index is 0.628. The largest absolute Gasteiger partial charge is 0.398 e. The van der Waals surface area contributed by atoms with Gasteiger partial charge in [-0.2, -0.15) is 0 Å². The first-order valence-corrected chi connectivity index (χ1v) is 7.21. The zero-order valence-electron chi connectivity index (χ0n) is 10.5. The molecule has 0 spiro atoms. The van der Waals surface area contributed by atoms with Crippen LogP contribution in [0.25, 0.3) is 0 Å². The quantitative estimate of drug-likeness (QED) is 0.675. The number of benzene rings is 2. The summed E-state index contributed by atoms with van der Waals surface area (Å²) >= 11 is 15.8. The van der Waals surface area contributed by atoms with Crippen molar-refractivity contribution in [1.29, 1.82) is 0 Å². The van der Waals surface area contributed by atoms with Crippen molar-refractivity contribution in [3.8, 4) is 0 Å². The van der Waals surface area contributed by atoms with Crippen LogP contribution >= 0.6 is 39.1 Å². The van der Waals surface area contributed by atoms with Gasteiger partial charge in [0.25, 0.3) is 0 Å². The van der Waals surface area contributed by atoms with Crippen LogP contribution in [0.5, 0.6) is 0 Å². The van der Waals surface area contributed by atoms with Gasteiger partial charge in [0.15, 0.2) is 0 Å². The Balaban J connectivity index is 2.42. The molecule has 0 saturated heterocycles. The third kappa shape index (κ3) is 3.16. The molecule has 0 aromatic heterocycles. The van der Waals surface area contributed by atoms with Crippen molar-refractivity contribution in [3.05, 3.63) is 49.9 Å². The van der Waals surface area contributed by atoms with Crippen LogP contribution in [-0.2, 0) is 0 Å². The zero-order valence-corrected chi connectivity index (χ0v) is 13.6. The van der Waals surface area contributed by atoms with E-state index in [-0.39, 0.29) is 0 Å². The van der Waals surface area contributed by atoms with Crippen molar-refractivity contribution in [1.82, 2.24) is 0 Å². The van der Waals surface area contributed by atoms with Gasteiger partial charge in [0.2, 0.25) is 0 Å². The standard InChI is InChI=1S/C14H13BrCl2N2/c1-7-3-11(17)14(6-10(7)16)19-13-4-8(2)12(18)5-9(13)15/h3-6,19H,18H2,1-2H3. The Labute approximate surface area is 131 Å². The fraction of sp³-hybridized carbons (Fsp3) is 0.143. The molecule has 2 rings (SSSR count). The fourth-order valence-electron chi connectivity index (χ4n) is 1.68. The van der Waals surface area contributed by atoms with Crippen molar-refractivity contribution in [2.75, 3.05) is 11.1 Å². The number of nitrogens with two attached hydrogens (primary N) is 1. The number of hydrogen-bond acceptors (Lipinski definition) is 2. The average Bonchev–Trinajstić information content (AvgIpc) is 2.32. The van der Waals surface area contributed by atoms with E-state index in [1.165, 1.54) is 0 Å². The number of hydrogen-bond donors (Lipinski definition) is 2. The maximum absolute atomic E-state index is 6.21. The molecular weight excluding hydrogens is 347 g/mol. The van der Waals surface area contributed by atoms with Gasteiger partial charge in [-0.05, 0) is 65.2 Å². The Morgan fingerprint density at radius 2 is 1.63 bits per heavy atom. The molecule has 3 N–H and O–H groups in total. The summed E-state index contributed by atoms with van der Waals surface area (Å²) in [6, 6.07) is 7.48. The minimum absolute atomic E-state index is 0.628. The summed E-state index contributed by atoms with van der Waals surface area (Å²) in [5, 5.41) is 4.56. The second-order valence-electron chi connectivity index (χ2n) is 4.39. The van der Waals surface area contributed by atoms with E-state index in [4.69, 9.17) is 28.9 Å². The van der Waals surface area contributed by atoms with Gasteiger partial charge in [0.05, 0.1) is 16.4 Å². The molecule has 0 radical (unpaired) electrons. The van der Waals surface area contributed by atoms with Gasteiger partial charge in [0, 0.05) is 15.2 Å². The van der Waals surface area contributed by atoms with Gasteiger partial charge in [-0.15, -0.1) is 0 Å². The predicted octanol–water partition coefficient (Wildman–Crippen LogP) is 5.70. The summed E-state index contributed by atoms with van der Waals surface area (Å²) in [4.78, 5) is 0. The first-order valence-electron chi connectivity index (χ1n) is 5.67. The van der Waals surface area contributed by atoms with Crippen LogP contribution in [0.2, 0.25) is 10.0 Å². The molecule has 0 bridgehead atoms. The maximum atomic E-state index is 6.21. The van der Waals surface area contributed by atoms with E-state index in [2.05, 4.69) is 21.2 Å². The van der Waals surface area contributed by atoms with Crippen LogP contribution in [0, 0.1) is 13.8 Å². The van der Waals surface area contributed by atoms with E-state index in [1.807, 2.05) is 38.1 Å². The molecule has 2 nitrogen and oxygen atoms in total. The SMILES string of the molecule is Cc1cc(Nc2cc(Cl)c(C)cc2Cl)c(Br)cc1N. The lowest BCUT2D eigenvalue weighted by molar-refractivity contribution is 1.42. The monoisotopic (exact) mass is 358 g/mol. The molecule has 0 atom stereocenters. The molecule has 0 aliphatic rings. The van der Waals surface area contributed by atoms with Crippen LogP contribution < -0.4 is 11.1 Å². The molecular formula is C14H13BrCl2N2. The lowest BCUT2D eigenvalue weighted by atomic mass is 10.1. The maximum Gasteiger partial charge on any atom is 0.0644 e. The van der Waals surface area contributed by atoms with Gasteiger partial charge < -0.3 is 11.1 Å². The van der Waals surface area contributed by atoms with Gasteiger partial charge in [-0.1, -0.05) is 23.2 Å². The second kappa shape index (κ2) is 5.61. The predicted molar refractivity (Wildman–Crippen MR) is 87.8 cm³/mol. The number of rotatable bonds is 2. The third-order valence-electron chi connectivity index (χ3n) is 2.87. The minimum Gasteiger partial charge on any atom is -0.398 e. The van der Waals surface area contributed by atoms with Crippen molar-refractivity contribution >= 4 is 56.2 Å². The lowest BCUT2D eigenvalue weighted by Crippen LogP contribution is -1.97. The molecule has 0 aliphatic heterocycles. The van der Waals surface area contributed by atoms with Gasteiger partial charge >= 0.3 is 0 Å². The summed E-state index contributed by atoms with van der Waals surface area (Å²) in [7, 11) is 0. The van der Waals surface area contributed by atoms with Crippen LogP contribution in [0.1, 0.15) is 11.1 Å². The first-order chi connectivity index (χ1) is 8.88. The Hall–Kier alpha value is -0.900. The first kappa shape index (κ1) is 14.5. The Kier molecular flexibility index (Phi) is 4.29. The van der Waals surface area contributed by atoms with E-state index in [0.29, 0.717) is 10.0 Å². The van der Waals surface area contributed by atoms with Crippen molar-refractivity contribution in [2.45, 2.75) is 13.8 Å². The highest BCUT2D eigenvalue weighted by Crippen LogP contribution is 2.35. The van der Waals surface area contributed by atoms with Gasteiger partial charge in [-0.25, -0.2) is 0 Å². The second-order valence-corrected chi connectivity index (χ2v) is 6.06. The number of halogens is 3. The number of nitrogens with one attached hydrogen (secondary N) is 1. The summed E-state index contributed by atoms with van der Waals surface area (Å²) in [5.74, 6) is 0. The van der Waals surface area contributed by atoms with E-state index in [0.717, 1.165) is 32.7 Å². The third-order valence-corrected chi connectivity index (χ3v) is 4.25. The van der Waals surface area contributed by atoms with Gasteiger partial charge in [0.1, 0.15) is 0 Å². The summed E-state index contributed by atoms with van der Waals surface area (Å²) in [6.07, 6.45) is 0. The molecule has 0 fully saturated rings. The highest BCUT2D eigenvalue weighted by atomic mass is 79.9. The average molecular weight is 360 g/mol. The normalized spacial score (nSPS) is 10.6. The molecule has 5 heteroatoms. The van der Waals surface area contributed by atoms with Crippen molar-refractivity contribution in [2.24, 2.45) is 0 Å². The Morgan fingerprint density at radius 1 is 0.947 bits per heavy atom. The van der Waals surface area contributed by atoms with Gasteiger partial charge in [-0.3, -0.25) is 0 Å². The summed E-state index contributed by atoms with van der Waals surface area (Å²) in [5.41, 5.74) is 10.2. The van der Waals surface area contributed by atoms with Crippen LogP contribution in [0.3, 0.4) is 0 Å². The molecule has 2 aromatic rings. The number of aryl methyl sites for hydroxylation is 2. The molecule has 0 heterocycles. The lowest BCUT2D eigenvalue weighted by Gasteiger charge is -2.13. The highest BCUT2D eigenvalue weighted by Gasteiger charge is 2.08. The van der Waals surface area contributed by atoms with E-state index in [1.54, 1.807) is 0 Å². The molecule has 2 aromatic carbocycles. The van der Waals surface area contributed by atoms with Crippen LogP contribution in [0.15, 0.2) is 28.7 Å². The number of anilines is 3.